The van der Waals surface area contributed by atoms with Crippen LogP contribution >= 0.6 is 15.9 Å². The van der Waals surface area contributed by atoms with E-state index in [0.29, 0.717) is 12.1 Å². The Morgan fingerprint density at radius 3 is 2.62 bits per heavy atom. The van der Waals surface area contributed by atoms with Gasteiger partial charge in [-0.25, -0.2) is 0 Å². The molecule has 0 aliphatic carbocycles. The molecule has 1 N–H and O–H groups in total. The van der Waals surface area contributed by atoms with Crippen LogP contribution in [0.15, 0.2) is 40.9 Å². The Morgan fingerprint density at radius 2 is 1.95 bits per heavy atom. The van der Waals surface area contributed by atoms with Gasteiger partial charge < -0.3 is 14.8 Å². The van der Waals surface area contributed by atoms with Crippen LogP contribution in [0.3, 0.4) is 0 Å². The van der Waals surface area contributed by atoms with Crippen molar-refractivity contribution in [1.82, 2.24) is 0 Å². The number of benzene rings is 2. The van der Waals surface area contributed by atoms with Gasteiger partial charge in [0.1, 0.15) is 17.6 Å². The van der Waals surface area contributed by atoms with Crippen LogP contribution in [0.25, 0.3) is 0 Å². The molecule has 0 heterocycles. The van der Waals surface area contributed by atoms with Gasteiger partial charge in [0.05, 0.1) is 25.5 Å². The largest absolute Gasteiger partial charge is 0.497 e. The molecule has 0 spiro atoms. The molecule has 0 atom stereocenters. The lowest BCUT2D eigenvalue weighted by Crippen LogP contribution is -2.03. The van der Waals surface area contributed by atoms with Gasteiger partial charge in [-0.2, -0.15) is 5.26 Å². The van der Waals surface area contributed by atoms with E-state index in [-0.39, 0.29) is 0 Å². The number of anilines is 1. The van der Waals surface area contributed by atoms with Crippen LogP contribution in [0.2, 0.25) is 0 Å². The molecule has 2 aromatic rings. The monoisotopic (exact) mass is 346 g/mol. The van der Waals surface area contributed by atoms with Crippen molar-refractivity contribution < 1.29 is 9.47 Å². The van der Waals surface area contributed by atoms with E-state index in [1.54, 1.807) is 20.3 Å². The van der Waals surface area contributed by atoms with Gasteiger partial charge in [-0.1, -0.05) is 15.9 Å². The standard InChI is InChI=1S/C16H15BrN2O2/c1-20-14-5-6-16(21-2)12(7-14)10-19-15-8-13(17)4-3-11(15)9-18/h3-8,19H,10H2,1-2H3. The molecule has 0 aromatic heterocycles. The molecule has 21 heavy (non-hydrogen) atoms. The second-order valence-electron chi connectivity index (χ2n) is 4.33. The van der Waals surface area contributed by atoms with Crippen molar-refractivity contribution in [3.05, 3.63) is 52.0 Å². The Balaban J connectivity index is 2.24. The highest BCUT2D eigenvalue weighted by molar-refractivity contribution is 9.10. The van der Waals surface area contributed by atoms with Gasteiger partial charge in [0.25, 0.3) is 0 Å². The van der Waals surface area contributed by atoms with Crippen LogP contribution in [-0.2, 0) is 6.54 Å². The molecule has 108 valence electrons. The first-order valence-corrected chi connectivity index (χ1v) is 7.11. The van der Waals surface area contributed by atoms with Gasteiger partial charge >= 0.3 is 0 Å². The van der Waals surface area contributed by atoms with Crippen LogP contribution in [0.4, 0.5) is 5.69 Å². The predicted octanol–water partition coefficient (Wildman–Crippen LogP) is 3.95. The Labute approximate surface area is 132 Å². The molecule has 0 amide bonds. The van der Waals surface area contributed by atoms with Gasteiger partial charge in [-0.3, -0.25) is 0 Å². The quantitative estimate of drug-likeness (QED) is 0.890. The summed E-state index contributed by atoms with van der Waals surface area (Å²) in [4.78, 5) is 0. The molecular weight excluding hydrogens is 332 g/mol. The van der Waals surface area contributed by atoms with Crippen molar-refractivity contribution in [2.75, 3.05) is 19.5 Å². The van der Waals surface area contributed by atoms with Crippen molar-refractivity contribution in [2.24, 2.45) is 0 Å². The zero-order chi connectivity index (χ0) is 15.2. The summed E-state index contributed by atoms with van der Waals surface area (Å²) in [6.45, 7) is 0.533. The Morgan fingerprint density at radius 1 is 1.14 bits per heavy atom. The SMILES string of the molecule is COc1ccc(OC)c(CNc2cc(Br)ccc2C#N)c1. The summed E-state index contributed by atoms with van der Waals surface area (Å²) in [6.07, 6.45) is 0. The smallest absolute Gasteiger partial charge is 0.124 e. The molecule has 4 nitrogen and oxygen atoms in total. The maximum Gasteiger partial charge on any atom is 0.124 e. The molecule has 0 aliphatic heterocycles. The summed E-state index contributed by atoms with van der Waals surface area (Å²) in [5, 5.41) is 12.4. The number of hydrogen-bond donors (Lipinski definition) is 1. The maximum atomic E-state index is 9.14. The van der Waals surface area contributed by atoms with Gasteiger partial charge in [0.15, 0.2) is 0 Å². The first-order valence-electron chi connectivity index (χ1n) is 6.32. The topological polar surface area (TPSA) is 54.3 Å². The van der Waals surface area contributed by atoms with Crippen molar-refractivity contribution >= 4 is 21.6 Å². The van der Waals surface area contributed by atoms with Crippen LogP contribution in [-0.4, -0.2) is 14.2 Å². The molecule has 0 saturated heterocycles. The molecule has 0 fully saturated rings. The van der Waals surface area contributed by atoms with Gasteiger partial charge in [-0.15, -0.1) is 0 Å². The van der Waals surface area contributed by atoms with Gasteiger partial charge in [-0.05, 0) is 36.4 Å². The summed E-state index contributed by atoms with van der Waals surface area (Å²) in [6, 6.07) is 13.3. The normalized spacial score (nSPS) is 9.81. The molecule has 0 bridgehead atoms. The third kappa shape index (κ3) is 3.67. The van der Waals surface area contributed by atoms with E-state index in [9.17, 15) is 0 Å². The Hall–Kier alpha value is -2.19. The molecular formula is C16H15BrN2O2. The average Bonchev–Trinajstić information content (AvgIpc) is 2.52. The second kappa shape index (κ2) is 7.00. The minimum atomic E-state index is 0.533. The molecule has 0 unspecified atom stereocenters. The zero-order valence-corrected chi connectivity index (χ0v) is 13.4. The summed E-state index contributed by atoms with van der Waals surface area (Å²) < 4.78 is 11.5. The number of nitrogens with one attached hydrogen (secondary N) is 1. The van der Waals surface area contributed by atoms with E-state index in [1.165, 1.54) is 0 Å². The van der Waals surface area contributed by atoms with Crippen molar-refractivity contribution in [1.29, 1.82) is 5.26 Å². The Kier molecular flexibility index (Phi) is 5.07. The number of halogens is 1. The predicted molar refractivity (Wildman–Crippen MR) is 85.7 cm³/mol. The Bertz CT molecular complexity index is 680. The third-order valence-corrected chi connectivity index (χ3v) is 3.55. The third-order valence-electron chi connectivity index (χ3n) is 3.06. The molecule has 0 aliphatic rings. The zero-order valence-electron chi connectivity index (χ0n) is 11.8. The fourth-order valence-electron chi connectivity index (χ4n) is 1.97. The van der Waals surface area contributed by atoms with Gasteiger partial charge in [0, 0.05) is 16.6 Å². The molecule has 5 heteroatoms. The average molecular weight is 347 g/mol. The minimum Gasteiger partial charge on any atom is -0.497 e. The van der Waals surface area contributed by atoms with Crippen LogP contribution in [0.1, 0.15) is 11.1 Å². The van der Waals surface area contributed by atoms with Crippen molar-refractivity contribution in [3.8, 4) is 17.6 Å². The van der Waals surface area contributed by atoms with E-state index in [2.05, 4.69) is 27.3 Å². The van der Waals surface area contributed by atoms with Gasteiger partial charge in [0.2, 0.25) is 0 Å². The molecule has 2 rings (SSSR count). The number of nitrogens with zero attached hydrogens (tertiary/aromatic N) is 1. The number of rotatable bonds is 5. The summed E-state index contributed by atoms with van der Waals surface area (Å²) in [7, 11) is 3.26. The lowest BCUT2D eigenvalue weighted by molar-refractivity contribution is 0.399. The number of ether oxygens (including phenoxy) is 2. The number of hydrogen-bond acceptors (Lipinski definition) is 4. The van der Waals surface area contributed by atoms with Crippen LogP contribution in [0.5, 0.6) is 11.5 Å². The van der Waals surface area contributed by atoms with Crippen LogP contribution in [0, 0.1) is 11.3 Å². The summed E-state index contributed by atoms with van der Waals surface area (Å²) in [5.41, 5.74) is 2.33. The fourth-order valence-corrected chi connectivity index (χ4v) is 2.33. The fraction of sp³-hybridized carbons (Fsp3) is 0.188. The van der Waals surface area contributed by atoms with E-state index in [1.807, 2.05) is 30.3 Å². The highest BCUT2D eigenvalue weighted by Crippen LogP contribution is 2.26. The summed E-state index contributed by atoms with van der Waals surface area (Å²) in [5.74, 6) is 1.54. The number of methoxy groups -OCH3 is 2. The number of nitriles is 1. The maximum absolute atomic E-state index is 9.14. The minimum absolute atomic E-state index is 0.533. The highest BCUT2D eigenvalue weighted by atomic mass is 79.9. The van der Waals surface area contributed by atoms with E-state index >= 15 is 0 Å². The second-order valence-corrected chi connectivity index (χ2v) is 5.25. The first-order chi connectivity index (χ1) is 10.2. The van der Waals surface area contributed by atoms with Crippen molar-refractivity contribution in [3.63, 3.8) is 0 Å². The van der Waals surface area contributed by atoms with E-state index in [0.717, 1.165) is 27.2 Å². The lowest BCUT2D eigenvalue weighted by atomic mass is 10.1. The summed E-state index contributed by atoms with van der Waals surface area (Å²) >= 11 is 3.41. The highest BCUT2D eigenvalue weighted by Gasteiger charge is 2.07. The molecule has 0 radical (unpaired) electrons. The van der Waals surface area contributed by atoms with Crippen LogP contribution < -0.4 is 14.8 Å². The van der Waals surface area contributed by atoms with Crippen molar-refractivity contribution in [2.45, 2.75) is 6.54 Å². The van der Waals surface area contributed by atoms with E-state index < -0.39 is 0 Å². The molecule has 0 saturated carbocycles. The lowest BCUT2D eigenvalue weighted by Gasteiger charge is -2.13. The van der Waals surface area contributed by atoms with E-state index in [4.69, 9.17) is 14.7 Å². The first kappa shape index (κ1) is 15.2. The molecule has 2 aromatic carbocycles.